The molecule has 1 saturated heterocycles. The first-order chi connectivity index (χ1) is 7.06. The number of rotatable bonds is 3. The van der Waals surface area contributed by atoms with Crippen LogP contribution >= 0.6 is 0 Å². The maximum absolute atomic E-state index is 10.7. The summed E-state index contributed by atoms with van der Waals surface area (Å²) in [6.07, 6.45) is 2.22. The van der Waals surface area contributed by atoms with Crippen molar-refractivity contribution in [2.45, 2.75) is 26.7 Å². The maximum Gasteiger partial charge on any atom is 0.306 e. The molecule has 0 aromatic carbocycles. The molecule has 2 aliphatic rings. The Balaban J connectivity index is 1.78. The van der Waals surface area contributed by atoms with Crippen LogP contribution in [0.25, 0.3) is 0 Å². The van der Waals surface area contributed by atoms with Crippen LogP contribution in [0.2, 0.25) is 0 Å². The summed E-state index contributed by atoms with van der Waals surface area (Å²) in [6, 6.07) is 0. The molecule has 0 radical (unpaired) electrons. The lowest BCUT2D eigenvalue weighted by atomic mass is 9.92. The average Bonchev–Trinajstić information content (AvgIpc) is 2.81. The minimum Gasteiger partial charge on any atom is -0.481 e. The van der Waals surface area contributed by atoms with Crippen molar-refractivity contribution in [3.05, 3.63) is 0 Å². The lowest BCUT2D eigenvalue weighted by Crippen LogP contribution is -2.40. The number of carboxylic acid groups (broad SMARTS) is 1. The summed E-state index contributed by atoms with van der Waals surface area (Å²) in [4.78, 5) is 13.2. The second-order valence-corrected chi connectivity index (χ2v) is 5.61. The van der Waals surface area contributed by atoms with E-state index < -0.39 is 5.97 Å². The van der Waals surface area contributed by atoms with Crippen molar-refractivity contribution in [2.24, 2.45) is 23.7 Å². The van der Waals surface area contributed by atoms with Crippen LogP contribution in [0.4, 0.5) is 0 Å². The Labute approximate surface area is 91.5 Å². The Bertz CT molecular complexity index is 244. The van der Waals surface area contributed by atoms with Gasteiger partial charge in [0.25, 0.3) is 0 Å². The zero-order valence-corrected chi connectivity index (χ0v) is 9.65. The molecule has 0 spiro atoms. The summed E-state index contributed by atoms with van der Waals surface area (Å²) in [5, 5.41) is 8.84. The van der Waals surface area contributed by atoms with Crippen LogP contribution < -0.4 is 0 Å². The fraction of sp³-hybridized carbons (Fsp3) is 0.917. The van der Waals surface area contributed by atoms with E-state index in [1.807, 2.05) is 0 Å². The van der Waals surface area contributed by atoms with Gasteiger partial charge >= 0.3 is 5.97 Å². The van der Waals surface area contributed by atoms with E-state index in [4.69, 9.17) is 5.11 Å². The van der Waals surface area contributed by atoms with Crippen molar-refractivity contribution >= 4 is 5.97 Å². The number of hydrogen-bond acceptors (Lipinski definition) is 2. The minimum atomic E-state index is -0.599. The van der Waals surface area contributed by atoms with Gasteiger partial charge in [-0.05, 0) is 30.6 Å². The zero-order valence-electron chi connectivity index (χ0n) is 9.65. The van der Waals surface area contributed by atoms with Gasteiger partial charge in [0, 0.05) is 19.6 Å². The smallest absolute Gasteiger partial charge is 0.306 e. The van der Waals surface area contributed by atoms with Crippen LogP contribution in [0.15, 0.2) is 0 Å². The van der Waals surface area contributed by atoms with Crippen LogP contribution in [0.3, 0.4) is 0 Å². The fourth-order valence-corrected chi connectivity index (χ4v) is 3.02. The minimum absolute atomic E-state index is 0.0439. The molecule has 3 nitrogen and oxygen atoms in total. The first-order valence-electron chi connectivity index (χ1n) is 6.01. The number of hydrogen-bond donors (Lipinski definition) is 1. The summed E-state index contributed by atoms with van der Waals surface area (Å²) >= 11 is 0. The Morgan fingerprint density at radius 1 is 1.27 bits per heavy atom. The SMILES string of the molecule is CC1CC(C)CN(CC2CC2C(=O)O)C1. The molecule has 1 N–H and O–H groups in total. The van der Waals surface area contributed by atoms with Gasteiger partial charge in [-0.3, -0.25) is 4.79 Å². The third kappa shape index (κ3) is 2.71. The van der Waals surface area contributed by atoms with Gasteiger partial charge in [0.05, 0.1) is 5.92 Å². The molecule has 2 fully saturated rings. The maximum atomic E-state index is 10.7. The van der Waals surface area contributed by atoms with Crippen LogP contribution in [0.5, 0.6) is 0 Å². The van der Waals surface area contributed by atoms with Gasteiger partial charge in [0.15, 0.2) is 0 Å². The van der Waals surface area contributed by atoms with Crippen LogP contribution in [0, 0.1) is 23.7 Å². The number of carbonyl (C=O) groups is 1. The molecular weight excluding hydrogens is 190 g/mol. The molecule has 2 rings (SSSR count). The molecule has 1 aliphatic carbocycles. The number of piperidine rings is 1. The van der Waals surface area contributed by atoms with E-state index in [0.29, 0.717) is 5.92 Å². The van der Waals surface area contributed by atoms with Gasteiger partial charge in [-0.15, -0.1) is 0 Å². The Kier molecular flexibility index (Phi) is 3.01. The topological polar surface area (TPSA) is 40.5 Å². The van der Waals surface area contributed by atoms with Crippen molar-refractivity contribution in [3.63, 3.8) is 0 Å². The largest absolute Gasteiger partial charge is 0.481 e. The molecule has 0 bridgehead atoms. The van der Waals surface area contributed by atoms with Crippen LogP contribution in [-0.4, -0.2) is 35.6 Å². The lowest BCUT2D eigenvalue weighted by molar-refractivity contribution is -0.138. The highest BCUT2D eigenvalue weighted by Gasteiger charge is 2.44. The molecule has 15 heavy (non-hydrogen) atoms. The summed E-state index contributed by atoms with van der Waals surface area (Å²) in [6.45, 7) is 7.92. The summed E-state index contributed by atoms with van der Waals surface area (Å²) < 4.78 is 0. The van der Waals surface area contributed by atoms with E-state index in [-0.39, 0.29) is 5.92 Å². The average molecular weight is 211 g/mol. The van der Waals surface area contributed by atoms with Gasteiger partial charge in [-0.2, -0.15) is 0 Å². The van der Waals surface area contributed by atoms with Gasteiger partial charge in [-0.25, -0.2) is 0 Å². The first-order valence-corrected chi connectivity index (χ1v) is 6.01. The molecule has 1 aliphatic heterocycles. The lowest BCUT2D eigenvalue weighted by Gasteiger charge is -2.35. The van der Waals surface area contributed by atoms with Crippen molar-refractivity contribution < 1.29 is 9.90 Å². The van der Waals surface area contributed by atoms with E-state index in [0.717, 1.165) is 37.9 Å². The Morgan fingerprint density at radius 2 is 1.87 bits per heavy atom. The molecule has 0 aromatic rings. The van der Waals surface area contributed by atoms with E-state index in [9.17, 15) is 4.79 Å². The molecular formula is C12H21NO2. The van der Waals surface area contributed by atoms with Crippen molar-refractivity contribution in [3.8, 4) is 0 Å². The van der Waals surface area contributed by atoms with E-state index >= 15 is 0 Å². The van der Waals surface area contributed by atoms with Crippen molar-refractivity contribution in [1.29, 1.82) is 0 Å². The third-order valence-electron chi connectivity index (χ3n) is 3.68. The monoisotopic (exact) mass is 211 g/mol. The number of nitrogens with zero attached hydrogens (tertiary/aromatic N) is 1. The summed E-state index contributed by atoms with van der Waals surface area (Å²) in [7, 11) is 0. The van der Waals surface area contributed by atoms with Gasteiger partial charge in [-0.1, -0.05) is 13.8 Å². The fourth-order valence-electron chi connectivity index (χ4n) is 3.02. The first kappa shape index (κ1) is 10.9. The molecule has 1 saturated carbocycles. The van der Waals surface area contributed by atoms with Gasteiger partial charge in [0.1, 0.15) is 0 Å². The van der Waals surface area contributed by atoms with Crippen LogP contribution in [-0.2, 0) is 4.79 Å². The Morgan fingerprint density at radius 3 is 2.33 bits per heavy atom. The number of carboxylic acids is 1. The van der Waals surface area contributed by atoms with Gasteiger partial charge in [0.2, 0.25) is 0 Å². The van der Waals surface area contributed by atoms with Gasteiger partial charge < -0.3 is 10.0 Å². The van der Waals surface area contributed by atoms with E-state index in [1.165, 1.54) is 6.42 Å². The van der Waals surface area contributed by atoms with E-state index in [2.05, 4.69) is 18.7 Å². The highest BCUT2D eigenvalue weighted by atomic mass is 16.4. The highest BCUT2D eigenvalue weighted by molar-refractivity contribution is 5.73. The Hall–Kier alpha value is -0.570. The number of likely N-dealkylation sites (tertiary alicyclic amines) is 1. The normalized spacial score (nSPS) is 41.5. The number of aliphatic carboxylic acids is 1. The predicted molar refractivity (Wildman–Crippen MR) is 58.6 cm³/mol. The molecule has 86 valence electrons. The molecule has 0 amide bonds. The van der Waals surface area contributed by atoms with Crippen LogP contribution in [0.1, 0.15) is 26.7 Å². The highest BCUT2D eigenvalue weighted by Crippen LogP contribution is 2.40. The molecule has 4 unspecified atom stereocenters. The molecule has 4 atom stereocenters. The third-order valence-corrected chi connectivity index (χ3v) is 3.68. The van der Waals surface area contributed by atoms with Crippen molar-refractivity contribution in [1.82, 2.24) is 4.90 Å². The standard InChI is InChI=1S/C12H21NO2/c1-8-3-9(2)6-13(5-8)7-10-4-11(10)12(14)15/h8-11H,3-7H2,1-2H3,(H,14,15). The molecule has 1 heterocycles. The summed E-state index contributed by atoms with van der Waals surface area (Å²) in [5.41, 5.74) is 0. The zero-order chi connectivity index (χ0) is 11.0. The molecule has 3 heteroatoms. The molecule has 0 aromatic heterocycles. The van der Waals surface area contributed by atoms with E-state index in [1.54, 1.807) is 0 Å². The second kappa shape index (κ2) is 4.12. The second-order valence-electron chi connectivity index (χ2n) is 5.61. The predicted octanol–water partition coefficient (Wildman–Crippen LogP) is 1.69. The quantitative estimate of drug-likeness (QED) is 0.772. The van der Waals surface area contributed by atoms with Crippen molar-refractivity contribution in [2.75, 3.05) is 19.6 Å². The summed E-state index contributed by atoms with van der Waals surface area (Å²) in [5.74, 6) is 1.34.